The van der Waals surface area contributed by atoms with Gasteiger partial charge >= 0.3 is 23.9 Å². The fourth-order valence-corrected chi connectivity index (χ4v) is 4.32. The zero-order valence-electron chi connectivity index (χ0n) is 17.9. The monoisotopic (exact) mass is 424 g/mol. The third kappa shape index (κ3) is 4.66. The molecule has 30 heavy (non-hydrogen) atoms. The van der Waals surface area contributed by atoms with E-state index in [9.17, 15) is 19.2 Å². The summed E-state index contributed by atoms with van der Waals surface area (Å²) in [5.74, 6) is -2.19. The van der Waals surface area contributed by atoms with Gasteiger partial charge in [-0.15, -0.1) is 0 Å². The number of carbonyl (C=O) groups is 4. The summed E-state index contributed by atoms with van der Waals surface area (Å²) in [5.41, 5.74) is 0.0160. The van der Waals surface area contributed by atoms with E-state index < -0.39 is 41.8 Å². The molecule has 2 heterocycles. The van der Waals surface area contributed by atoms with Crippen LogP contribution in [0.1, 0.15) is 53.9 Å². The minimum Gasteiger partial charge on any atom is -0.462 e. The van der Waals surface area contributed by atoms with E-state index in [1.165, 1.54) is 20.8 Å². The second-order valence-electron chi connectivity index (χ2n) is 8.39. The van der Waals surface area contributed by atoms with Gasteiger partial charge in [0.2, 0.25) is 0 Å². The van der Waals surface area contributed by atoms with Crippen LogP contribution >= 0.6 is 0 Å². The number of rotatable bonds is 4. The van der Waals surface area contributed by atoms with Crippen LogP contribution in [0.5, 0.6) is 0 Å². The smallest absolute Gasteiger partial charge is 0.338 e. The highest BCUT2D eigenvalue weighted by atomic mass is 16.6. The quantitative estimate of drug-likeness (QED) is 0.377. The minimum atomic E-state index is -0.827. The Morgan fingerprint density at radius 2 is 1.77 bits per heavy atom. The first-order chi connectivity index (χ1) is 14.0. The summed E-state index contributed by atoms with van der Waals surface area (Å²) in [6.07, 6.45) is -0.855. The highest BCUT2D eigenvalue weighted by Gasteiger charge is 2.61. The maximum Gasteiger partial charge on any atom is 0.338 e. The molecule has 9 heteroatoms. The number of esters is 4. The Morgan fingerprint density at radius 3 is 2.37 bits per heavy atom. The van der Waals surface area contributed by atoms with Crippen molar-refractivity contribution in [1.82, 2.24) is 0 Å². The van der Waals surface area contributed by atoms with Crippen molar-refractivity contribution in [2.75, 3.05) is 6.61 Å². The molecule has 1 saturated heterocycles. The summed E-state index contributed by atoms with van der Waals surface area (Å²) in [6.45, 7) is 7.43. The number of fused-ring (bicyclic) bond motifs is 2. The summed E-state index contributed by atoms with van der Waals surface area (Å²) in [7, 11) is 0. The Bertz CT molecular complexity index is 785. The van der Waals surface area contributed by atoms with Gasteiger partial charge in [-0.2, -0.15) is 0 Å². The van der Waals surface area contributed by atoms with Crippen LogP contribution in [0.3, 0.4) is 0 Å². The molecule has 0 aromatic heterocycles. The van der Waals surface area contributed by atoms with Crippen molar-refractivity contribution in [2.45, 2.75) is 83.9 Å². The zero-order chi connectivity index (χ0) is 22.2. The molecule has 0 spiro atoms. The molecule has 1 saturated carbocycles. The predicted octanol–water partition coefficient (Wildman–Crippen LogP) is 1.61. The second-order valence-corrected chi connectivity index (χ2v) is 8.39. The highest BCUT2D eigenvalue weighted by Crippen LogP contribution is 2.49. The zero-order valence-corrected chi connectivity index (χ0v) is 17.9. The highest BCUT2D eigenvalue weighted by molar-refractivity contribution is 5.93. The van der Waals surface area contributed by atoms with Crippen molar-refractivity contribution in [1.29, 1.82) is 0 Å². The third-order valence-corrected chi connectivity index (χ3v) is 5.89. The fourth-order valence-electron chi connectivity index (χ4n) is 4.32. The Kier molecular flexibility index (Phi) is 6.21. The van der Waals surface area contributed by atoms with E-state index in [-0.39, 0.29) is 30.2 Å². The minimum absolute atomic E-state index is 0.133. The summed E-state index contributed by atoms with van der Waals surface area (Å²) in [5, 5.41) is 0. The van der Waals surface area contributed by atoms with Crippen molar-refractivity contribution >= 4 is 23.9 Å². The first kappa shape index (κ1) is 22.3. The van der Waals surface area contributed by atoms with E-state index in [2.05, 4.69) is 0 Å². The predicted molar refractivity (Wildman–Crippen MR) is 101 cm³/mol. The van der Waals surface area contributed by atoms with Crippen molar-refractivity contribution in [2.24, 2.45) is 5.92 Å². The van der Waals surface area contributed by atoms with E-state index in [4.69, 9.17) is 23.7 Å². The summed E-state index contributed by atoms with van der Waals surface area (Å²) in [6, 6.07) is 0. The number of epoxide rings is 1. The molecule has 3 rings (SSSR count). The van der Waals surface area contributed by atoms with Crippen LogP contribution in [0.4, 0.5) is 0 Å². The van der Waals surface area contributed by atoms with Crippen LogP contribution in [-0.4, -0.2) is 60.5 Å². The lowest BCUT2D eigenvalue weighted by molar-refractivity contribution is -0.152. The van der Waals surface area contributed by atoms with Gasteiger partial charge in [-0.1, -0.05) is 6.92 Å². The van der Waals surface area contributed by atoms with Crippen LogP contribution in [-0.2, 0) is 42.9 Å². The average Bonchev–Trinajstić information content (AvgIpc) is 3.19. The molecule has 3 aliphatic rings. The van der Waals surface area contributed by atoms with Crippen LogP contribution in [0, 0.1) is 5.92 Å². The van der Waals surface area contributed by atoms with Crippen LogP contribution < -0.4 is 0 Å². The van der Waals surface area contributed by atoms with Crippen LogP contribution in [0.2, 0.25) is 0 Å². The van der Waals surface area contributed by atoms with E-state index in [0.29, 0.717) is 24.8 Å². The van der Waals surface area contributed by atoms with Crippen LogP contribution in [0.15, 0.2) is 11.1 Å². The average molecular weight is 424 g/mol. The maximum atomic E-state index is 12.6. The lowest BCUT2D eigenvalue weighted by atomic mass is 9.82. The standard InChI is InChI=1S/C21H28O9/c1-10-8-16-17(14(20(25)29-16)9-26-11(2)22)18(28-13(4)24)19-21(5,30-19)7-6-15(10)27-12(3)23/h10,15-16,18-19H,6-9H2,1-5H3/t10-,15-,16-,18+,19-,21+/m0/s1. The second kappa shape index (κ2) is 8.37. The van der Waals surface area contributed by atoms with Gasteiger partial charge in [0, 0.05) is 26.3 Å². The SMILES string of the molecule is CC(=O)OCC1=C2[C@H](C[C@H](C)[C@@H](OC(C)=O)CC[C@@]3(C)O[C@H]3[C@@H]2OC(C)=O)OC1=O. The van der Waals surface area contributed by atoms with Gasteiger partial charge in [0.25, 0.3) is 0 Å². The van der Waals surface area contributed by atoms with E-state index in [1.807, 2.05) is 13.8 Å². The molecule has 166 valence electrons. The van der Waals surface area contributed by atoms with Crippen molar-refractivity contribution in [3.8, 4) is 0 Å². The molecule has 0 aromatic rings. The molecule has 6 atom stereocenters. The topological polar surface area (TPSA) is 118 Å². The van der Waals surface area contributed by atoms with Crippen molar-refractivity contribution < 1.29 is 42.9 Å². The molecule has 0 amide bonds. The Morgan fingerprint density at radius 1 is 1.10 bits per heavy atom. The lowest BCUT2D eigenvalue weighted by Gasteiger charge is -2.30. The Labute approximate surface area is 175 Å². The molecular formula is C21H28O9. The molecule has 0 N–H and O–H groups in total. The molecule has 0 aromatic carbocycles. The fraction of sp³-hybridized carbons (Fsp3) is 0.714. The van der Waals surface area contributed by atoms with Gasteiger partial charge in [-0.25, -0.2) is 4.79 Å². The molecule has 0 radical (unpaired) electrons. The Balaban J connectivity index is 2.01. The molecule has 1 aliphatic carbocycles. The molecule has 2 fully saturated rings. The lowest BCUT2D eigenvalue weighted by Crippen LogP contribution is -2.38. The molecular weight excluding hydrogens is 396 g/mol. The normalized spacial score (nSPS) is 35.5. The van der Waals surface area contributed by atoms with Gasteiger partial charge in [-0.3, -0.25) is 14.4 Å². The van der Waals surface area contributed by atoms with Crippen LogP contribution in [0.25, 0.3) is 0 Å². The van der Waals surface area contributed by atoms with E-state index in [1.54, 1.807) is 0 Å². The first-order valence-corrected chi connectivity index (χ1v) is 10.1. The van der Waals surface area contributed by atoms with Gasteiger partial charge < -0.3 is 23.7 Å². The van der Waals surface area contributed by atoms with Gasteiger partial charge in [0.15, 0.2) is 6.10 Å². The number of hydrogen-bond acceptors (Lipinski definition) is 9. The molecule has 0 bridgehead atoms. The number of ether oxygens (including phenoxy) is 5. The van der Waals surface area contributed by atoms with Gasteiger partial charge in [0.05, 0.1) is 11.2 Å². The largest absolute Gasteiger partial charge is 0.462 e. The van der Waals surface area contributed by atoms with E-state index >= 15 is 0 Å². The van der Waals surface area contributed by atoms with Gasteiger partial charge in [-0.05, 0) is 32.1 Å². The number of hydrogen-bond donors (Lipinski definition) is 0. The third-order valence-electron chi connectivity index (χ3n) is 5.89. The van der Waals surface area contributed by atoms with E-state index in [0.717, 1.165) is 0 Å². The summed E-state index contributed by atoms with van der Waals surface area (Å²) < 4.78 is 27.7. The molecule has 9 nitrogen and oxygen atoms in total. The summed E-state index contributed by atoms with van der Waals surface area (Å²) >= 11 is 0. The van der Waals surface area contributed by atoms with Crippen molar-refractivity contribution in [3.63, 3.8) is 0 Å². The number of carbonyl (C=O) groups excluding carboxylic acids is 4. The Hall–Kier alpha value is -2.42. The summed E-state index contributed by atoms with van der Waals surface area (Å²) in [4.78, 5) is 47.4. The molecule has 2 aliphatic heterocycles. The first-order valence-electron chi connectivity index (χ1n) is 10.1. The van der Waals surface area contributed by atoms with Gasteiger partial charge in [0.1, 0.15) is 24.9 Å². The van der Waals surface area contributed by atoms with Crippen molar-refractivity contribution in [3.05, 3.63) is 11.1 Å². The molecule has 0 unspecified atom stereocenters. The maximum absolute atomic E-state index is 12.6.